The van der Waals surface area contributed by atoms with Crippen LogP contribution >= 0.6 is 0 Å². The zero-order chi connectivity index (χ0) is 23.8. The Morgan fingerprint density at radius 2 is 1.68 bits per heavy atom. The van der Waals surface area contributed by atoms with Gasteiger partial charge in [-0.1, -0.05) is 61.7 Å². The molecule has 0 radical (unpaired) electrons. The predicted octanol–water partition coefficient (Wildman–Crippen LogP) is 5.15. The van der Waals surface area contributed by atoms with E-state index in [2.05, 4.69) is 17.4 Å². The first kappa shape index (κ1) is 24.0. The van der Waals surface area contributed by atoms with Crippen molar-refractivity contribution in [2.45, 2.75) is 57.6 Å². The van der Waals surface area contributed by atoms with E-state index < -0.39 is 5.97 Å². The lowest BCUT2D eigenvalue weighted by Gasteiger charge is -2.22. The standard InChI is InChI=1S/C29H32FNO3/c30-27-13-10-26(20-34-28-14-11-23(12-15-28)22-4-2-1-3-5-22)25(18-27)16-17-31-19-21-6-8-24(9-7-21)29(32)33/h6-15,18,22,31H,1-5,16-17,19-20H2,(H,32,33)/p-1. The van der Waals surface area contributed by atoms with Gasteiger partial charge in [-0.25, -0.2) is 4.39 Å². The van der Waals surface area contributed by atoms with Gasteiger partial charge in [0.05, 0.1) is 5.97 Å². The second-order valence-corrected chi connectivity index (χ2v) is 9.02. The van der Waals surface area contributed by atoms with E-state index >= 15 is 0 Å². The normalized spacial score (nSPS) is 14.1. The fraction of sp³-hybridized carbons (Fsp3) is 0.345. The van der Waals surface area contributed by atoms with Crippen LogP contribution in [0.25, 0.3) is 0 Å². The van der Waals surface area contributed by atoms with Crippen LogP contribution < -0.4 is 15.2 Å². The number of hydrogen-bond donors (Lipinski definition) is 1. The van der Waals surface area contributed by atoms with Gasteiger partial charge in [0.15, 0.2) is 0 Å². The highest BCUT2D eigenvalue weighted by molar-refractivity contribution is 5.85. The molecular weight excluding hydrogens is 429 g/mol. The topological polar surface area (TPSA) is 61.4 Å². The second kappa shape index (κ2) is 11.8. The molecule has 1 aliphatic rings. The van der Waals surface area contributed by atoms with Crippen molar-refractivity contribution in [3.05, 3.63) is 100 Å². The Hall–Kier alpha value is -3.18. The summed E-state index contributed by atoms with van der Waals surface area (Å²) in [6.07, 6.45) is 7.20. The van der Waals surface area contributed by atoms with Gasteiger partial charge in [0, 0.05) is 6.54 Å². The highest BCUT2D eigenvalue weighted by Gasteiger charge is 2.15. The Bertz CT molecular complexity index is 1070. The second-order valence-electron chi connectivity index (χ2n) is 9.02. The Morgan fingerprint density at radius 1 is 0.941 bits per heavy atom. The van der Waals surface area contributed by atoms with Crippen LogP contribution in [0.15, 0.2) is 66.7 Å². The number of carboxylic acids is 1. The molecule has 0 unspecified atom stereocenters. The van der Waals surface area contributed by atoms with Gasteiger partial charge in [0.2, 0.25) is 0 Å². The van der Waals surface area contributed by atoms with Gasteiger partial charge in [-0.15, -0.1) is 0 Å². The van der Waals surface area contributed by atoms with Crippen molar-refractivity contribution >= 4 is 5.97 Å². The maximum absolute atomic E-state index is 13.9. The summed E-state index contributed by atoms with van der Waals surface area (Å²) in [4.78, 5) is 10.8. The molecule has 178 valence electrons. The van der Waals surface area contributed by atoms with Crippen molar-refractivity contribution in [1.29, 1.82) is 0 Å². The third-order valence-electron chi connectivity index (χ3n) is 6.61. The van der Waals surface area contributed by atoms with E-state index in [1.165, 1.54) is 55.9 Å². The summed E-state index contributed by atoms with van der Waals surface area (Å²) < 4.78 is 19.9. The molecule has 4 nitrogen and oxygen atoms in total. The number of carbonyl (C=O) groups is 1. The molecule has 0 spiro atoms. The third kappa shape index (κ3) is 6.67. The Balaban J connectivity index is 1.29. The van der Waals surface area contributed by atoms with E-state index in [1.54, 1.807) is 24.3 Å². The van der Waals surface area contributed by atoms with Crippen LogP contribution in [-0.4, -0.2) is 12.5 Å². The third-order valence-corrected chi connectivity index (χ3v) is 6.61. The van der Waals surface area contributed by atoms with Crippen molar-refractivity contribution in [3.8, 4) is 5.75 Å². The van der Waals surface area contributed by atoms with Crippen LogP contribution in [0, 0.1) is 5.82 Å². The zero-order valence-electron chi connectivity index (χ0n) is 19.4. The Kier molecular flexibility index (Phi) is 8.31. The SMILES string of the molecule is O=C([O-])c1ccc(CNCCc2cc(F)ccc2COc2ccc(C3CCCCC3)cc2)cc1. The van der Waals surface area contributed by atoms with Crippen molar-refractivity contribution in [1.82, 2.24) is 5.32 Å². The summed E-state index contributed by atoms with van der Waals surface area (Å²) >= 11 is 0. The first-order valence-electron chi connectivity index (χ1n) is 12.1. The molecule has 0 bridgehead atoms. The molecule has 0 atom stereocenters. The van der Waals surface area contributed by atoms with Gasteiger partial charge in [0.1, 0.15) is 18.2 Å². The van der Waals surface area contributed by atoms with Gasteiger partial charge in [-0.05, 0) is 83.8 Å². The largest absolute Gasteiger partial charge is 0.545 e. The van der Waals surface area contributed by atoms with E-state index in [1.807, 2.05) is 12.1 Å². The molecule has 0 heterocycles. The molecule has 3 aromatic rings. The van der Waals surface area contributed by atoms with Crippen molar-refractivity contribution in [3.63, 3.8) is 0 Å². The van der Waals surface area contributed by atoms with Gasteiger partial charge in [0.25, 0.3) is 0 Å². The first-order chi connectivity index (χ1) is 16.6. The van der Waals surface area contributed by atoms with E-state index in [-0.39, 0.29) is 11.4 Å². The lowest BCUT2D eigenvalue weighted by atomic mass is 9.84. The highest BCUT2D eigenvalue weighted by Crippen LogP contribution is 2.33. The zero-order valence-corrected chi connectivity index (χ0v) is 19.4. The summed E-state index contributed by atoms with van der Waals surface area (Å²) in [6, 6.07) is 19.9. The number of hydrogen-bond acceptors (Lipinski definition) is 4. The molecule has 5 heteroatoms. The highest BCUT2D eigenvalue weighted by atomic mass is 19.1. The minimum absolute atomic E-state index is 0.164. The average Bonchev–Trinajstić information content (AvgIpc) is 2.87. The van der Waals surface area contributed by atoms with Gasteiger partial charge >= 0.3 is 0 Å². The molecule has 0 saturated heterocycles. The molecule has 0 aliphatic heterocycles. The van der Waals surface area contributed by atoms with Gasteiger partial charge in [-0.2, -0.15) is 0 Å². The monoisotopic (exact) mass is 460 g/mol. The first-order valence-corrected chi connectivity index (χ1v) is 12.1. The quantitative estimate of drug-likeness (QED) is 0.425. The van der Waals surface area contributed by atoms with E-state index in [0.29, 0.717) is 32.0 Å². The summed E-state index contributed by atoms with van der Waals surface area (Å²) in [5.41, 5.74) is 4.42. The minimum Gasteiger partial charge on any atom is -0.545 e. The number of carboxylic acid groups (broad SMARTS) is 1. The Labute approximate surface area is 200 Å². The van der Waals surface area contributed by atoms with Crippen LogP contribution in [0.2, 0.25) is 0 Å². The molecule has 4 rings (SSSR count). The fourth-order valence-electron chi connectivity index (χ4n) is 4.62. The van der Waals surface area contributed by atoms with Crippen LogP contribution in [-0.2, 0) is 19.6 Å². The molecule has 1 N–H and O–H groups in total. The molecule has 0 aromatic heterocycles. The number of benzene rings is 3. The minimum atomic E-state index is -1.18. The van der Waals surface area contributed by atoms with Crippen molar-refractivity contribution in [2.24, 2.45) is 0 Å². The summed E-state index contributed by atoms with van der Waals surface area (Å²) in [5.74, 6) is 0.0630. The van der Waals surface area contributed by atoms with Crippen LogP contribution in [0.3, 0.4) is 0 Å². The Morgan fingerprint density at radius 3 is 2.38 bits per heavy atom. The molecule has 1 aliphatic carbocycles. The molecule has 0 amide bonds. The van der Waals surface area contributed by atoms with Gasteiger partial charge < -0.3 is 20.0 Å². The lowest BCUT2D eigenvalue weighted by Crippen LogP contribution is -2.22. The molecule has 3 aromatic carbocycles. The summed E-state index contributed by atoms with van der Waals surface area (Å²) in [5, 5.41) is 14.2. The van der Waals surface area contributed by atoms with Gasteiger partial charge in [-0.3, -0.25) is 0 Å². The molecule has 1 fully saturated rings. The fourth-order valence-corrected chi connectivity index (χ4v) is 4.62. The van der Waals surface area contributed by atoms with Crippen LogP contribution in [0.1, 0.15) is 70.6 Å². The lowest BCUT2D eigenvalue weighted by molar-refractivity contribution is -0.255. The van der Waals surface area contributed by atoms with E-state index in [4.69, 9.17) is 4.74 Å². The predicted molar refractivity (Wildman–Crippen MR) is 129 cm³/mol. The number of ether oxygens (including phenoxy) is 1. The maximum atomic E-state index is 13.9. The number of aromatic carboxylic acids is 1. The summed E-state index contributed by atoms with van der Waals surface area (Å²) in [7, 11) is 0. The number of halogens is 1. The van der Waals surface area contributed by atoms with Crippen molar-refractivity contribution in [2.75, 3.05) is 6.54 Å². The number of rotatable bonds is 10. The maximum Gasteiger partial charge on any atom is 0.123 e. The van der Waals surface area contributed by atoms with Crippen LogP contribution in [0.5, 0.6) is 5.75 Å². The van der Waals surface area contributed by atoms with E-state index in [0.717, 1.165) is 22.4 Å². The smallest absolute Gasteiger partial charge is 0.123 e. The average molecular weight is 461 g/mol. The molecule has 34 heavy (non-hydrogen) atoms. The number of nitrogens with one attached hydrogen (secondary N) is 1. The van der Waals surface area contributed by atoms with Crippen molar-refractivity contribution < 1.29 is 19.0 Å². The van der Waals surface area contributed by atoms with E-state index in [9.17, 15) is 14.3 Å². The molecular formula is C29H31FNO3-. The number of carbonyl (C=O) groups excluding carboxylic acids is 1. The van der Waals surface area contributed by atoms with Crippen LogP contribution in [0.4, 0.5) is 4.39 Å². The molecule has 1 saturated carbocycles. The summed E-state index contributed by atoms with van der Waals surface area (Å²) in [6.45, 7) is 1.65.